The largest absolute Gasteiger partial charge is 0.314 e. The van der Waals surface area contributed by atoms with Gasteiger partial charge in [-0.3, -0.25) is 14.1 Å². The molecule has 0 bridgehead atoms. The van der Waals surface area contributed by atoms with Crippen LogP contribution in [0.5, 0.6) is 0 Å². The minimum atomic E-state index is -0.422. The van der Waals surface area contributed by atoms with Gasteiger partial charge in [0.2, 0.25) is 0 Å². The highest BCUT2D eigenvalue weighted by Gasteiger charge is 2.39. The smallest absolute Gasteiger partial charge is 0.262 e. The van der Waals surface area contributed by atoms with E-state index in [-0.39, 0.29) is 11.1 Å². The molecule has 1 aliphatic carbocycles. The molecule has 128 valence electrons. The molecule has 1 N–H and O–H groups in total. The Bertz CT molecular complexity index is 789. The summed E-state index contributed by atoms with van der Waals surface area (Å²) in [6.45, 7) is 3.46. The van der Waals surface area contributed by atoms with Crippen LogP contribution in [0.15, 0.2) is 29.3 Å². The minimum absolute atomic E-state index is 0.157. The number of piperazine rings is 1. The number of nitrogens with zero attached hydrogens (tertiary/aromatic N) is 3. The summed E-state index contributed by atoms with van der Waals surface area (Å²) in [6, 6.07) is 2.86. The molecule has 6 heteroatoms. The molecule has 2 aromatic heterocycles. The first-order valence-corrected chi connectivity index (χ1v) is 8.80. The molecule has 1 spiro atoms. The third-order valence-electron chi connectivity index (χ3n) is 5.57. The van der Waals surface area contributed by atoms with Crippen LogP contribution in [0.25, 0.3) is 5.65 Å². The molecule has 5 nitrogen and oxygen atoms in total. The van der Waals surface area contributed by atoms with Crippen molar-refractivity contribution >= 4 is 5.65 Å². The van der Waals surface area contributed by atoms with Crippen LogP contribution in [0.1, 0.15) is 37.7 Å². The predicted octanol–water partition coefficient (Wildman–Crippen LogP) is 1.94. The first kappa shape index (κ1) is 15.7. The van der Waals surface area contributed by atoms with Gasteiger partial charge in [-0.15, -0.1) is 0 Å². The third-order valence-corrected chi connectivity index (χ3v) is 5.57. The van der Waals surface area contributed by atoms with Gasteiger partial charge in [0.15, 0.2) is 0 Å². The summed E-state index contributed by atoms with van der Waals surface area (Å²) in [7, 11) is 0. The molecule has 4 rings (SSSR count). The highest BCUT2D eigenvalue weighted by Crippen LogP contribution is 2.35. The van der Waals surface area contributed by atoms with Crippen molar-refractivity contribution in [3.63, 3.8) is 0 Å². The fourth-order valence-corrected chi connectivity index (χ4v) is 4.24. The van der Waals surface area contributed by atoms with Crippen molar-refractivity contribution in [1.82, 2.24) is 19.6 Å². The van der Waals surface area contributed by atoms with Crippen molar-refractivity contribution in [1.29, 1.82) is 0 Å². The zero-order valence-corrected chi connectivity index (χ0v) is 13.8. The van der Waals surface area contributed by atoms with Crippen molar-refractivity contribution < 1.29 is 4.39 Å². The molecular formula is C18H23FN4O. The van der Waals surface area contributed by atoms with E-state index in [1.165, 1.54) is 54.8 Å². The monoisotopic (exact) mass is 330 g/mol. The van der Waals surface area contributed by atoms with Gasteiger partial charge in [-0.1, -0.05) is 19.3 Å². The average molecular weight is 330 g/mol. The van der Waals surface area contributed by atoms with Gasteiger partial charge in [0.25, 0.3) is 5.56 Å². The number of rotatable bonds is 2. The Kier molecular flexibility index (Phi) is 4.10. The van der Waals surface area contributed by atoms with E-state index in [1.54, 1.807) is 6.20 Å². The van der Waals surface area contributed by atoms with E-state index in [0.29, 0.717) is 17.8 Å². The van der Waals surface area contributed by atoms with Crippen molar-refractivity contribution in [2.45, 2.75) is 44.2 Å². The molecule has 1 aliphatic heterocycles. The standard InChI is InChI=1S/C18H23FN4O/c19-15-4-5-16-21-10-14(17(24)23(16)12-15)11-22-9-8-20-13-18(22)6-2-1-3-7-18/h4-5,10,12,20H,1-3,6-9,11,13H2. The lowest BCUT2D eigenvalue weighted by atomic mass is 9.79. The molecule has 0 radical (unpaired) electrons. The van der Waals surface area contributed by atoms with Crippen LogP contribution in [0.4, 0.5) is 4.39 Å². The number of halogens is 1. The quantitative estimate of drug-likeness (QED) is 0.914. The van der Waals surface area contributed by atoms with E-state index in [4.69, 9.17) is 0 Å². The molecule has 24 heavy (non-hydrogen) atoms. The molecule has 0 aromatic carbocycles. The molecule has 0 unspecified atom stereocenters. The lowest BCUT2D eigenvalue weighted by molar-refractivity contribution is 0.0205. The van der Waals surface area contributed by atoms with Crippen LogP contribution in [0, 0.1) is 5.82 Å². The van der Waals surface area contributed by atoms with E-state index in [1.807, 2.05) is 0 Å². The van der Waals surface area contributed by atoms with Crippen LogP contribution < -0.4 is 10.9 Å². The molecule has 1 saturated heterocycles. The lowest BCUT2D eigenvalue weighted by Gasteiger charge is -2.49. The SMILES string of the molecule is O=c1c(CN2CCNCC23CCCCC3)cnc2ccc(F)cn12. The van der Waals surface area contributed by atoms with Gasteiger partial charge in [0.05, 0.1) is 5.56 Å². The van der Waals surface area contributed by atoms with Gasteiger partial charge in [-0.2, -0.15) is 0 Å². The van der Waals surface area contributed by atoms with Gasteiger partial charge >= 0.3 is 0 Å². The van der Waals surface area contributed by atoms with E-state index in [0.717, 1.165) is 19.6 Å². The second-order valence-electron chi connectivity index (χ2n) is 7.05. The van der Waals surface area contributed by atoms with Gasteiger partial charge in [0.1, 0.15) is 11.5 Å². The molecule has 2 fully saturated rings. The first-order valence-electron chi connectivity index (χ1n) is 8.80. The summed E-state index contributed by atoms with van der Waals surface area (Å²) in [5.41, 5.74) is 1.12. The van der Waals surface area contributed by atoms with Gasteiger partial charge < -0.3 is 5.32 Å². The highest BCUT2D eigenvalue weighted by atomic mass is 19.1. The normalized spacial score (nSPS) is 21.4. The molecule has 0 amide bonds. The van der Waals surface area contributed by atoms with Gasteiger partial charge in [0, 0.05) is 44.1 Å². The van der Waals surface area contributed by atoms with E-state index in [9.17, 15) is 9.18 Å². The maximum absolute atomic E-state index is 13.5. The second-order valence-corrected chi connectivity index (χ2v) is 7.05. The number of fused-ring (bicyclic) bond motifs is 1. The Balaban J connectivity index is 1.67. The van der Waals surface area contributed by atoms with Crippen LogP contribution in [0.3, 0.4) is 0 Å². The second kappa shape index (κ2) is 6.26. The maximum atomic E-state index is 13.5. The van der Waals surface area contributed by atoms with Crippen molar-refractivity contribution in [2.75, 3.05) is 19.6 Å². The van der Waals surface area contributed by atoms with Crippen LogP contribution in [0.2, 0.25) is 0 Å². The molecule has 1 saturated carbocycles. The van der Waals surface area contributed by atoms with E-state index < -0.39 is 5.82 Å². The minimum Gasteiger partial charge on any atom is -0.314 e. The number of pyridine rings is 1. The predicted molar refractivity (Wildman–Crippen MR) is 90.5 cm³/mol. The topological polar surface area (TPSA) is 49.6 Å². The first-order chi connectivity index (χ1) is 11.7. The van der Waals surface area contributed by atoms with Crippen molar-refractivity contribution in [3.8, 4) is 0 Å². The van der Waals surface area contributed by atoms with Crippen LogP contribution >= 0.6 is 0 Å². The Morgan fingerprint density at radius 3 is 2.92 bits per heavy atom. The van der Waals surface area contributed by atoms with Crippen molar-refractivity contribution in [2.24, 2.45) is 0 Å². The Morgan fingerprint density at radius 1 is 1.25 bits per heavy atom. The zero-order chi connectivity index (χ0) is 16.6. The van der Waals surface area contributed by atoms with Crippen molar-refractivity contribution in [3.05, 3.63) is 46.3 Å². The Morgan fingerprint density at radius 2 is 2.08 bits per heavy atom. The van der Waals surface area contributed by atoms with Gasteiger partial charge in [-0.05, 0) is 25.0 Å². The summed E-state index contributed by atoms with van der Waals surface area (Å²) in [5, 5.41) is 3.52. The average Bonchev–Trinajstić information content (AvgIpc) is 2.60. The fraction of sp³-hybridized carbons (Fsp3) is 0.556. The van der Waals surface area contributed by atoms with E-state index in [2.05, 4.69) is 15.2 Å². The van der Waals surface area contributed by atoms with E-state index >= 15 is 0 Å². The number of hydrogen-bond donors (Lipinski definition) is 1. The third kappa shape index (κ3) is 2.74. The molecule has 2 aromatic rings. The maximum Gasteiger partial charge on any atom is 0.262 e. The summed E-state index contributed by atoms with van der Waals surface area (Å²) >= 11 is 0. The van der Waals surface area contributed by atoms with Gasteiger partial charge in [-0.25, -0.2) is 9.37 Å². The zero-order valence-electron chi connectivity index (χ0n) is 13.8. The summed E-state index contributed by atoms with van der Waals surface area (Å²) in [4.78, 5) is 19.5. The molecule has 2 aliphatic rings. The summed E-state index contributed by atoms with van der Waals surface area (Å²) in [6.07, 6.45) is 9.04. The Hall–Kier alpha value is -1.79. The molecular weight excluding hydrogens is 307 g/mol. The number of hydrogen-bond acceptors (Lipinski definition) is 4. The number of nitrogens with one attached hydrogen (secondary N) is 1. The Labute approximate surface area is 140 Å². The number of aromatic nitrogens is 2. The lowest BCUT2D eigenvalue weighted by Crippen LogP contribution is -2.61. The summed E-state index contributed by atoms with van der Waals surface area (Å²) < 4.78 is 14.8. The van der Waals surface area contributed by atoms with Crippen LogP contribution in [-0.4, -0.2) is 39.5 Å². The highest BCUT2D eigenvalue weighted by molar-refractivity contribution is 5.38. The molecule has 3 heterocycles. The summed E-state index contributed by atoms with van der Waals surface area (Å²) in [5.74, 6) is -0.422. The fourth-order valence-electron chi connectivity index (χ4n) is 4.24. The van der Waals surface area contributed by atoms with Crippen LogP contribution in [-0.2, 0) is 6.54 Å². The molecule has 0 atom stereocenters.